The van der Waals surface area contributed by atoms with E-state index in [1.165, 1.54) is 0 Å². The molecule has 2 N–H and O–H groups in total. The highest BCUT2D eigenvalue weighted by molar-refractivity contribution is 6.00. The molecule has 100 valence electrons. The molecular formula is C17H15NO2. The smallest absolute Gasteiger partial charge is 0.252 e. The summed E-state index contributed by atoms with van der Waals surface area (Å²) in [5.74, 6) is 0.200. The molecule has 0 unspecified atom stereocenters. The summed E-state index contributed by atoms with van der Waals surface area (Å²) in [6, 6.07) is 5.33. The zero-order chi connectivity index (χ0) is 14.1. The zero-order valence-electron chi connectivity index (χ0n) is 11.2. The first-order valence-electron chi connectivity index (χ1n) is 6.53. The van der Waals surface area contributed by atoms with Gasteiger partial charge in [0.15, 0.2) is 0 Å². The number of carbonyl (C=O) groups excluding carboxylic acids is 1. The van der Waals surface area contributed by atoms with Crippen molar-refractivity contribution in [1.82, 2.24) is 5.32 Å². The van der Waals surface area contributed by atoms with Crippen LogP contribution in [0, 0.1) is 6.92 Å². The van der Waals surface area contributed by atoms with Crippen LogP contribution < -0.4 is 5.32 Å². The average Bonchev–Trinajstić information content (AvgIpc) is 3.02. The highest BCUT2D eigenvalue weighted by atomic mass is 16.3. The number of rotatable bonds is 3. The number of phenols is 1. The van der Waals surface area contributed by atoms with E-state index < -0.39 is 0 Å². The molecule has 0 aromatic heterocycles. The third kappa shape index (κ3) is 2.18. The van der Waals surface area contributed by atoms with E-state index in [0.717, 1.165) is 22.3 Å². The Morgan fingerprint density at radius 2 is 2.10 bits per heavy atom. The van der Waals surface area contributed by atoms with Crippen LogP contribution in [0.2, 0.25) is 0 Å². The highest BCUT2D eigenvalue weighted by Gasteiger charge is 2.19. The topological polar surface area (TPSA) is 49.3 Å². The molecule has 0 spiro atoms. The second-order valence-corrected chi connectivity index (χ2v) is 4.95. The number of hydrogen-bond donors (Lipinski definition) is 2. The van der Waals surface area contributed by atoms with Crippen LogP contribution in [-0.4, -0.2) is 11.0 Å². The minimum atomic E-state index is -0.0723. The van der Waals surface area contributed by atoms with Crippen LogP contribution >= 0.6 is 0 Å². The Hall–Kier alpha value is -2.55. The summed E-state index contributed by atoms with van der Waals surface area (Å²) < 4.78 is 0. The van der Waals surface area contributed by atoms with Gasteiger partial charge in [0.2, 0.25) is 0 Å². The van der Waals surface area contributed by atoms with Crippen molar-refractivity contribution in [3.05, 3.63) is 76.4 Å². The van der Waals surface area contributed by atoms with E-state index in [1.807, 2.05) is 49.4 Å². The third-order valence-electron chi connectivity index (χ3n) is 3.53. The molecule has 1 amide bonds. The molecular weight excluding hydrogens is 250 g/mol. The SMILES string of the molecule is Cc1cc(CNC(=O)C2=C3C=CC=C3C=C2)ccc1O. The Labute approximate surface area is 117 Å². The van der Waals surface area contributed by atoms with Crippen molar-refractivity contribution in [3.8, 4) is 5.75 Å². The normalized spacial score (nSPS) is 15.6. The molecule has 0 aliphatic heterocycles. The van der Waals surface area contributed by atoms with Crippen molar-refractivity contribution in [2.24, 2.45) is 0 Å². The maximum Gasteiger partial charge on any atom is 0.252 e. The molecule has 1 aromatic rings. The Kier molecular flexibility index (Phi) is 3.03. The first kappa shape index (κ1) is 12.5. The van der Waals surface area contributed by atoms with Crippen LogP contribution in [0.15, 0.2) is 65.3 Å². The van der Waals surface area contributed by atoms with E-state index in [0.29, 0.717) is 12.1 Å². The summed E-state index contributed by atoms with van der Waals surface area (Å²) in [5.41, 5.74) is 4.57. The maximum atomic E-state index is 12.2. The summed E-state index contributed by atoms with van der Waals surface area (Å²) in [4.78, 5) is 12.2. The summed E-state index contributed by atoms with van der Waals surface area (Å²) in [6.07, 6.45) is 9.70. The van der Waals surface area contributed by atoms with Gasteiger partial charge in [-0.1, -0.05) is 36.4 Å². The number of aryl methyl sites for hydroxylation is 1. The van der Waals surface area contributed by atoms with E-state index >= 15 is 0 Å². The summed E-state index contributed by atoms with van der Waals surface area (Å²) in [6.45, 7) is 2.29. The molecule has 2 aliphatic rings. The number of amides is 1. The minimum Gasteiger partial charge on any atom is -0.508 e. The molecule has 0 radical (unpaired) electrons. The Morgan fingerprint density at radius 1 is 1.25 bits per heavy atom. The van der Waals surface area contributed by atoms with Crippen LogP contribution in [-0.2, 0) is 11.3 Å². The van der Waals surface area contributed by atoms with E-state index in [1.54, 1.807) is 6.07 Å². The van der Waals surface area contributed by atoms with Crippen molar-refractivity contribution >= 4 is 5.91 Å². The molecule has 0 atom stereocenters. The molecule has 0 heterocycles. The molecule has 20 heavy (non-hydrogen) atoms. The molecule has 1 aromatic carbocycles. The third-order valence-corrected chi connectivity index (χ3v) is 3.53. The van der Waals surface area contributed by atoms with Gasteiger partial charge < -0.3 is 10.4 Å². The monoisotopic (exact) mass is 265 g/mol. The fourth-order valence-electron chi connectivity index (χ4n) is 2.39. The number of carbonyl (C=O) groups is 1. The van der Waals surface area contributed by atoms with Gasteiger partial charge in [-0.15, -0.1) is 0 Å². The molecule has 0 saturated carbocycles. The minimum absolute atomic E-state index is 0.0723. The highest BCUT2D eigenvalue weighted by Crippen LogP contribution is 2.29. The fraction of sp³-hybridized carbons (Fsp3) is 0.118. The van der Waals surface area contributed by atoms with Crippen molar-refractivity contribution in [3.63, 3.8) is 0 Å². The quantitative estimate of drug-likeness (QED) is 0.882. The summed E-state index contributed by atoms with van der Waals surface area (Å²) in [7, 11) is 0. The van der Waals surface area contributed by atoms with Crippen molar-refractivity contribution in [1.29, 1.82) is 0 Å². The van der Waals surface area contributed by atoms with Crippen molar-refractivity contribution in [2.45, 2.75) is 13.5 Å². The van der Waals surface area contributed by atoms with E-state index in [-0.39, 0.29) is 11.7 Å². The fourth-order valence-corrected chi connectivity index (χ4v) is 2.39. The number of nitrogens with one attached hydrogen (secondary N) is 1. The van der Waals surface area contributed by atoms with Crippen LogP contribution in [0.5, 0.6) is 5.75 Å². The van der Waals surface area contributed by atoms with E-state index in [4.69, 9.17) is 0 Å². The molecule has 2 aliphatic carbocycles. The lowest BCUT2D eigenvalue weighted by Gasteiger charge is -2.08. The summed E-state index contributed by atoms with van der Waals surface area (Å²) in [5, 5.41) is 12.4. The Bertz CT molecular complexity index is 706. The van der Waals surface area contributed by atoms with Gasteiger partial charge in [-0.2, -0.15) is 0 Å². The average molecular weight is 265 g/mol. The Balaban J connectivity index is 1.70. The van der Waals surface area contributed by atoms with Gasteiger partial charge in [0.05, 0.1) is 0 Å². The molecule has 3 nitrogen and oxygen atoms in total. The number of benzene rings is 1. The lowest BCUT2D eigenvalue weighted by Crippen LogP contribution is -2.24. The maximum absolute atomic E-state index is 12.2. The van der Waals surface area contributed by atoms with E-state index in [9.17, 15) is 9.90 Å². The predicted molar refractivity (Wildman–Crippen MR) is 78.1 cm³/mol. The lowest BCUT2D eigenvalue weighted by molar-refractivity contribution is -0.117. The van der Waals surface area contributed by atoms with Crippen LogP contribution in [0.1, 0.15) is 11.1 Å². The molecule has 0 bridgehead atoms. The zero-order valence-corrected chi connectivity index (χ0v) is 11.2. The molecule has 0 fully saturated rings. The standard InChI is InChI=1S/C17H15NO2/c1-11-9-12(5-8-16(11)19)10-18-17(20)15-7-6-13-3-2-4-14(13)15/h2-9,19H,10H2,1H3,(H,18,20). The largest absolute Gasteiger partial charge is 0.508 e. The van der Waals surface area contributed by atoms with Crippen LogP contribution in [0.3, 0.4) is 0 Å². The van der Waals surface area contributed by atoms with Crippen LogP contribution in [0.4, 0.5) is 0 Å². The number of hydrogen-bond acceptors (Lipinski definition) is 2. The number of fused-ring (bicyclic) bond motifs is 1. The van der Waals surface area contributed by atoms with Gasteiger partial charge in [0.25, 0.3) is 5.91 Å². The van der Waals surface area contributed by atoms with Crippen molar-refractivity contribution < 1.29 is 9.90 Å². The first-order chi connectivity index (χ1) is 9.65. The Morgan fingerprint density at radius 3 is 2.90 bits per heavy atom. The molecule has 0 saturated heterocycles. The molecule has 3 heteroatoms. The number of aromatic hydroxyl groups is 1. The van der Waals surface area contributed by atoms with Gasteiger partial charge in [0, 0.05) is 12.1 Å². The van der Waals surface area contributed by atoms with Crippen LogP contribution in [0.25, 0.3) is 0 Å². The van der Waals surface area contributed by atoms with Gasteiger partial charge in [-0.3, -0.25) is 4.79 Å². The van der Waals surface area contributed by atoms with Gasteiger partial charge >= 0.3 is 0 Å². The lowest BCUT2D eigenvalue weighted by atomic mass is 10.1. The van der Waals surface area contributed by atoms with Crippen molar-refractivity contribution in [2.75, 3.05) is 0 Å². The van der Waals surface area contributed by atoms with Gasteiger partial charge in [-0.05, 0) is 41.3 Å². The number of phenolic OH excluding ortho intramolecular Hbond substituents is 1. The molecule has 3 rings (SSSR count). The second kappa shape index (κ2) is 4.85. The summed E-state index contributed by atoms with van der Waals surface area (Å²) >= 11 is 0. The van der Waals surface area contributed by atoms with E-state index in [2.05, 4.69) is 5.32 Å². The van der Waals surface area contributed by atoms with Gasteiger partial charge in [0.1, 0.15) is 5.75 Å². The number of allylic oxidation sites excluding steroid dienone is 6. The predicted octanol–water partition coefficient (Wildman–Crippen LogP) is 2.68. The second-order valence-electron chi connectivity index (χ2n) is 4.95. The van der Waals surface area contributed by atoms with Gasteiger partial charge in [-0.25, -0.2) is 0 Å². The first-order valence-corrected chi connectivity index (χ1v) is 6.53.